The number of aromatic nitrogens is 3. The van der Waals surface area contributed by atoms with Gasteiger partial charge in [-0.1, -0.05) is 24.3 Å². The van der Waals surface area contributed by atoms with Gasteiger partial charge < -0.3 is 11.5 Å². The Bertz CT molecular complexity index is 961. The molecule has 0 aliphatic carbocycles. The molecule has 6 nitrogen and oxygen atoms in total. The van der Waals surface area contributed by atoms with Gasteiger partial charge in [0.05, 0.1) is 36.5 Å². The van der Waals surface area contributed by atoms with E-state index in [1.54, 1.807) is 18.6 Å². The summed E-state index contributed by atoms with van der Waals surface area (Å²) in [7, 11) is 0. The van der Waals surface area contributed by atoms with E-state index in [4.69, 9.17) is 11.5 Å². The molecule has 7 heteroatoms. The van der Waals surface area contributed by atoms with Gasteiger partial charge in [0.2, 0.25) is 0 Å². The van der Waals surface area contributed by atoms with Gasteiger partial charge in [-0.05, 0) is 19.9 Å². The molecule has 0 saturated carbocycles. The molecule has 1 aromatic carbocycles. The Hall–Kier alpha value is -3.19. The number of halogens is 1. The minimum atomic E-state index is -0.417. The lowest BCUT2D eigenvalue weighted by Crippen LogP contribution is -2.36. The summed E-state index contributed by atoms with van der Waals surface area (Å²) < 4.78 is 13.4. The number of nitrogens with zero attached hydrogens (tertiary/aromatic N) is 4. The Balaban J connectivity index is 1.84. The molecule has 0 aliphatic rings. The molecule has 3 rings (SSSR count). The van der Waals surface area contributed by atoms with Gasteiger partial charge in [0.15, 0.2) is 0 Å². The normalized spacial score (nSPS) is 12.2. The minimum absolute atomic E-state index is 0.410. The van der Waals surface area contributed by atoms with Crippen LogP contribution >= 0.6 is 0 Å². The molecule has 0 saturated heterocycles. The minimum Gasteiger partial charge on any atom is -0.384 e. The third-order valence-corrected chi connectivity index (χ3v) is 3.77. The van der Waals surface area contributed by atoms with Crippen molar-refractivity contribution < 1.29 is 4.39 Å². The average Bonchev–Trinajstić information content (AvgIpc) is 2.66. The topological polar surface area (TPSA) is 103 Å². The number of pyridine rings is 1. The van der Waals surface area contributed by atoms with Gasteiger partial charge in [-0.2, -0.15) is 0 Å². The first-order chi connectivity index (χ1) is 12.8. The van der Waals surface area contributed by atoms with E-state index in [0.717, 1.165) is 17.3 Å². The predicted molar refractivity (Wildman–Crippen MR) is 105 cm³/mol. The van der Waals surface area contributed by atoms with Gasteiger partial charge in [-0.15, -0.1) is 0 Å². The third-order valence-electron chi connectivity index (χ3n) is 3.77. The van der Waals surface area contributed by atoms with Crippen LogP contribution in [0.1, 0.15) is 19.4 Å². The molecular formula is C20H21FN6. The van der Waals surface area contributed by atoms with E-state index in [-0.39, 0.29) is 0 Å². The van der Waals surface area contributed by atoms with Crippen LogP contribution in [0.15, 0.2) is 60.1 Å². The Labute approximate surface area is 157 Å². The quantitative estimate of drug-likeness (QED) is 0.535. The van der Waals surface area contributed by atoms with Crippen molar-refractivity contribution in [3.8, 4) is 22.5 Å². The highest BCUT2D eigenvalue weighted by Crippen LogP contribution is 2.22. The van der Waals surface area contributed by atoms with Gasteiger partial charge >= 0.3 is 0 Å². The third kappa shape index (κ3) is 4.92. The molecule has 0 amide bonds. The Morgan fingerprint density at radius 3 is 2.26 bits per heavy atom. The second-order valence-electron chi connectivity index (χ2n) is 6.95. The maximum absolute atomic E-state index is 13.4. The van der Waals surface area contributed by atoms with E-state index < -0.39 is 11.4 Å². The average molecular weight is 364 g/mol. The molecule has 27 heavy (non-hydrogen) atoms. The summed E-state index contributed by atoms with van der Waals surface area (Å²) in [6.45, 7) is 4.23. The van der Waals surface area contributed by atoms with Crippen molar-refractivity contribution in [2.75, 3.05) is 6.54 Å². The molecule has 2 heterocycles. The van der Waals surface area contributed by atoms with E-state index in [1.807, 2.05) is 38.1 Å². The number of hydrogen-bond acceptors (Lipinski definition) is 5. The molecule has 3 aromatic rings. The van der Waals surface area contributed by atoms with Crippen LogP contribution in [0.25, 0.3) is 22.5 Å². The van der Waals surface area contributed by atoms with Gasteiger partial charge in [-0.25, -0.2) is 9.37 Å². The number of amidine groups is 1. The monoisotopic (exact) mass is 364 g/mol. The fraction of sp³-hybridized carbons (Fsp3) is 0.200. The van der Waals surface area contributed by atoms with Gasteiger partial charge in [0.1, 0.15) is 11.7 Å². The second kappa shape index (κ2) is 7.59. The highest BCUT2D eigenvalue weighted by atomic mass is 19.1. The molecule has 0 unspecified atom stereocenters. The Morgan fingerprint density at radius 1 is 1.00 bits per heavy atom. The Kier molecular flexibility index (Phi) is 5.23. The molecule has 0 atom stereocenters. The number of nitrogens with two attached hydrogens (primary N) is 2. The fourth-order valence-electron chi connectivity index (χ4n) is 2.39. The number of benzene rings is 1. The molecule has 0 radical (unpaired) electrons. The van der Waals surface area contributed by atoms with Crippen molar-refractivity contribution in [3.05, 3.63) is 66.5 Å². The molecular weight excluding hydrogens is 343 g/mol. The standard InChI is InChI=1S/C20H21FN6/c1-20(2,23)12-26-19(22)14-5-3-13(4-6-14)17-10-25-11-18(27-17)15-7-16(21)9-24-8-15/h3-11H,12,23H2,1-2H3,(H2,22,26). The largest absolute Gasteiger partial charge is 0.384 e. The van der Waals surface area contributed by atoms with Gasteiger partial charge in [0.25, 0.3) is 0 Å². The molecule has 0 spiro atoms. The van der Waals surface area contributed by atoms with E-state index in [9.17, 15) is 4.39 Å². The highest BCUT2D eigenvalue weighted by molar-refractivity contribution is 5.97. The van der Waals surface area contributed by atoms with Crippen LogP contribution in [-0.2, 0) is 0 Å². The molecule has 0 aliphatic heterocycles. The second-order valence-corrected chi connectivity index (χ2v) is 6.95. The zero-order chi connectivity index (χ0) is 19.4. The maximum Gasteiger partial charge on any atom is 0.142 e. The zero-order valence-electron chi connectivity index (χ0n) is 15.2. The van der Waals surface area contributed by atoms with E-state index in [2.05, 4.69) is 19.9 Å². The van der Waals surface area contributed by atoms with Crippen molar-refractivity contribution in [2.45, 2.75) is 19.4 Å². The van der Waals surface area contributed by atoms with Crippen LogP contribution in [0, 0.1) is 5.82 Å². The van der Waals surface area contributed by atoms with Crippen LogP contribution in [0.5, 0.6) is 0 Å². The molecule has 0 fully saturated rings. The van der Waals surface area contributed by atoms with Crippen molar-refractivity contribution in [3.63, 3.8) is 0 Å². The lowest BCUT2D eigenvalue weighted by Gasteiger charge is -2.15. The van der Waals surface area contributed by atoms with E-state index in [0.29, 0.717) is 29.3 Å². The summed E-state index contributed by atoms with van der Waals surface area (Å²) in [6, 6.07) is 8.90. The van der Waals surface area contributed by atoms with Crippen molar-refractivity contribution in [1.29, 1.82) is 0 Å². The molecule has 138 valence electrons. The van der Waals surface area contributed by atoms with Crippen molar-refractivity contribution >= 4 is 5.84 Å². The number of aliphatic imine (C=N–C) groups is 1. The Morgan fingerprint density at radius 2 is 1.63 bits per heavy atom. The van der Waals surface area contributed by atoms with Crippen molar-refractivity contribution in [1.82, 2.24) is 15.0 Å². The summed E-state index contributed by atoms with van der Waals surface area (Å²) in [5, 5.41) is 0. The highest BCUT2D eigenvalue weighted by Gasteiger charge is 2.10. The number of rotatable bonds is 5. The molecule has 0 bridgehead atoms. The first-order valence-electron chi connectivity index (χ1n) is 8.44. The first-order valence-corrected chi connectivity index (χ1v) is 8.44. The van der Waals surface area contributed by atoms with E-state index in [1.165, 1.54) is 6.07 Å². The lowest BCUT2D eigenvalue weighted by atomic mass is 10.1. The molecule has 2 aromatic heterocycles. The lowest BCUT2D eigenvalue weighted by molar-refractivity contribution is 0.534. The smallest absolute Gasteiger partial charge is 0.142 e. The van der Waals surface area contributed by atoms with Crippen LogP contribution < -0.4 is 11.5 Å². The predicted octanol–water partition coefficient (Wildman–Crippen LogP) is 2.79. The molecule has 4 N–H and O–H groups in total. The zero-order valence-corrected chi connectivity index (χ0v) is 15.2. The van der Waals surface area contributed by atoms with Crippen LogP contribution in [-0.4, -0.2) is 32.9 Å². The summed E-state index contributed by atoms with van der Waals surface area (Å²) in [4.78, 5) is 16.9. The van der Waals surface area contributed by atoms with Crippen LogP contribution in [0.3, 0.4) is 0 Å². The number of hydrogen-bond donors (Lipinski definition) is 2. The van der Waals surface area contributed by atoms with Crippen molar-refractivity contribution in [2.24, 2.45) is 16.5 Å². The first kappa shape index (κ1) is 18.6. The maximum atomic E-state index is 13.4. The fourth-order valence-corrected chi connectivity index (χ4v) is 2.39. The summed E-state index contributed by atoms with van der Waals surface area (Å²) in [6.07, 6.45) is 5.93. The SMILES string of the molecule is CC(C)(N)CN=C(N)c1ccc(-c2cncc(-c3cncc(F)c3)n2)cc1. The van der Waals surface area contributed by atoms with Crippen LogP contribution in [0.2, 0.25) is 0 Å². The summed E-state index contributed by atoms with van der Waals surface area (Å²) >= 11 is 0. The summed E-state index contributed by atoms with van der Waals surface area (Å²) in [5.74, 6) is 0.0187. The van der Waals surface area contributed by atoms with Gasteiger partial charge in [0, 0.05) is 28.4 Å². The van der Waals surface area contributed by atoms with Gasteiger partial charge in [-0.3, -0.25) is 15.0 Å². The van der Waals surface area contributed by atoms with E-state index >= 15 is 0 Å². The van der Waals surface area contributed by atoms with Crippen LogP contribution in [0.4, 0.5) is 4.39 Å². The summed E-state index contributed by atoms with van der Waals surface area (Å²) in [5.41, 5.74) is 15.0.